The van der Waals surface area contributed by atoms with Gasteiger partial charge in [0.25, 0.3) is 11.8 Å². The van der Waals surface area contributed by atoms with Crippen LogP contribution < -0.4 is 20.9 Å². The van der Waals surface area contributed by atoms with Crippen molar-refractivity contribution < 1.29 is 19.1 Å². The van der Waals surface area contributed by atoms with Gasteiger partial charge < -0.3 is 10.1 Å². The lowest BCUT2D eigenvalue weighted by Gasteiger charge is -2.10. The van der Waals surface area contributed by atoms with Gasteiger partial charge >= 0.3 is 0 Å². The van der Waals surface area contributed by atoms with E-state index in [1.54, 1.807) is 38.1 Å². The van der Waals surface area contributed by atoms with Gasteiger partial charge in [0.05, 0.1) is 6.54 Å². The highest BCUT2D eigenvalue weighted by Crippen LogP contribution is 2.07. The van der Waals surface area contributed by atoms with Gasteiger partial charge in [-0.2, -0.15) is 0 Å². The maximum atomic E-state index is 11.5. The van der Waals surface area contributed by atoms with Crippen LogP contribution in [0.15, 0.2) is 30.3 Å². The molecule has 0 fully saturated rings. The molecule has 0 aliphatic heterocycles. The molecular formula is C14H19N3O4. The number of carbonyl (C=O) groups excluding carboxylic acids is 3. The van der Waals surface area contributed by atoms with Gasteiger partial charge in [-0.15, -0.1) is 0 Å². The summed E-state index contributed by atoms with van der Waals surface area (Å²) in [6, 6.07) is 8.86. The van der Waals surface area contributed by atoms with Gasteiger partial charge in [-0.25, -0.2) is 0 Å². The lowest BCUT2D eigenvalue weighted by atomic mass is 10.2. The predicted molar refractivity (Wildman–Crippen MR) is 76.1 cm³/mol. The Morgan fingerprint density at radius 3 is 2.33 bits per heavy atom. The third kappa shape index (κ3) is 6.95. The fraction of sp³-hybridized carbons (Fsp3) is 0.357. The molecule has 0 saturated carbocycles. The predicted octanol–water partition coefficient (Wildman–Crippen LogP) is -0.0150. The minimum absolute atomic E-state index is 0.185. The number of carbonyl (C=O) groups is 3. The van der Waals surface area contributed by atoms with Gasteiger partial charge in [-0.1, -0.05) is 32.0 Å². The Morgan fingerprint density at radius 2 is 1.71 bits per heavy atom. The molecule has 1 aromatic carbocycles. The maximum Gasteiger partial charge on any atom is 0.258 e. The Balaban J connectivity index is 2.18. The van der Waals surface area contributed by atoms with E-state index in [4.69, 9.17) is 4.74 Å². The molecule has 7 heteroatoms. The van der Waals surface area contributed by atoms with E-state index >= 15 is 0 Å². The summed E-state index contributed by atoms with van der Waals surface area (Å²) in [6.07, 6.45) is 0. The standard InChI is InChI=1S/C14H19N3O4/c1-10(2)14(20)17-16-12(18)8-15-13(19)9-21-11-6-4-3-5-7-11/h3-7,10H,8-9H2,1-2H3,(H,15,19)(H,16,18)(H,17,20). The van der Waals surface area contributed by atoms with Crippen LogP contribution in [0.2, 0.25) is 0 Å². The summed E-state index contributed by atoms with van der Waals surface area (Å²) in [6.45, 7) is 2.97. The minimum atomic E-state index is -0.517. The number of hydrogen-bond acceptors (Lipinski definition) is 4. The molecule has 0 heterocycles. The quantitative estimate of drug-likeness (QED) is 0.642. The van der Waals surface area contributed by atoms with Crippen LogP contribution in [-0.4, -0.2) is 30.9 Å². The number of amides is 3. The number of rotatable bonds is 6. The van der Waals surface area contributed by atoms with E-state index in [-0.39, 0.29) is 25.0 Å². The number of ether oxygens (including phenoxy) is 1. The molecule has 0 aromatic heterocycles. The van der Waals surface area contributed by atoms with Crippen molar-refractivity contribution >= 4 is 17.7 Å². The van der Waals surface area contributed by atoms with E-state index in [9.17, 15) is 14.4 Å². The van der Waals surface area contributed by atoms with Crippen LogP contribution in [0.1, 0.15) is 13.8 Å². The Morgan fingerprint density at radius 1 is 1.05 bits per heavy atom. The van der Waals surface area contributed by atoms with E-state index < -0.39 is 11.8 Å². The molecule has 0 spiro atoms. The first-order valence-electron chi connectivity index (χ1n) is 6.52. The maximum absolute atomic E-state index is 11.5. The summed E-state index contributed by atoms with van der Waals surface area (Å²) >= 11 is 0. The van der Waals surface area contributed by atoms with Crippen LogP contribution in [0.5, 0.6) is 5.75 Å². The van der Waals surface area contributed by atoms with Crippen LogP contribution in [0.25, 0.3) is 0 Å². The SMILES string of the molecule is CC(C)C(=O)NNC(=O)CNC(=O)COc1ccccc1. The average Bonchev–Trinajstić information content (AvgIpc) is 2.49. The summed E-state index contributed by atoms with van der Waals surface area (Å²) in [4.78, 5) is 34.0. The first-order chi connectivity index (χ1) is 9.99. The van der Waals surface area contributed by atoms with E-state index in [2.05, 4.69) is 16.2 Å². The van der Waals surface area contributed by atoms with Crippen LogP contribution in [0.4, 0.5) is 0 Å². The Hall–Kier alpha value is -2.57. The Bertz CT molecular complexity index is 488. The Kier molecular flexibility index (Phi) is 6.73. The van der Waals surface area contributed by atoms with Crippen LogP contribution >= 0.6 is 0 Å². The molecule has 0 aliphatic carbocycles. The molecule has 114 valence electrons. The van der Waals surface area contributed by atoms with Gasteiger partial charge in [-0.05, 0) is 12.1 Å². The molecular weight excluding hydrogens is 274 g/mol. The number of benzene rings is 1. The molecule has 0 bridgehead atoms. The Labute approximate surface area is 123 Å². The second kappa shape index (κ2) is 8.57. The normalized spacial score (nSPS) is 9.86. The molecule has 0 atom stereocenters. The molecule has 0 saturated heterocycles. The molecule has 0 radical (unpaired) electrons. The zero-order valence-corrected chi connectivity index (χ0v) is 12.0. The van der Waals surface area contributed by atoms with Crippen molar-refractivity contribution in [3.63, 3.8) is 0 Å². The molecule has 1 aromatic rings. The third-order valence-corrected chi connectivity index (χ3v) is 2.41. The molecule has 1 rings (SSSR count). The van der Waals surface area contributed by atoms with Crippen molar-refractivity contribution in [1.82, 2.24) is 16.2 Å². The molecule has 0 unspecified atom stereocenters. The van der Waals surface area contributed by atoms with E-state index in [1.807, 2.05) is 6.07 Å². The van der Waals surface area contributed by atoms with Crippen molar-refractivity contribution in [1.29, 1.82) is 0 Å². The molecule has 21 heavy (non-hydrogen) atoms. The molecule has 0 aliphatic rings. The second-order valence-electron chi connectivity index (χ2n) is 4.57. The van der Waals surface area contributed by atoms with Crippen molar-refractivity contribution in [3.8, 4) is 5.75 Å². The van der Waals surface area contributed by atoms with E-state index in [0.29, 0.717) is 5.75 Å². The van der Waals surface area contributed by atoms with Crippen LogP contribution in [0.3, 0.4) is 0 Å². The molecule has 3 N–H and O–H groups in total. The summed E-state index contributed by atoms with van der Waals surface area (Å²) in [5.41, 5.74) is 4.44. The highest BCUT2D eigenvalue weighted by atomic mass is 16.5. The lowest BCUT2D eigenvalue weighted by Crippen LogP contribution is -2.48. The van der Waals surface area contributed by atoms with Gasteiger partial charge in [0.1, 0.15) is 5.75 Å². The number of para-hydroxylation sites is 1. The van der Waals surface area contributed by atoms with Crippen molar-refractivity contribution in [2.45, 2.75) is 13.8 Å². The molecule has 7 nitrogen and oxygen atoms in total. The van der Waals surface area contributed by atoms with Crippen molar-refractivity contribution in [2.24, 2.45) is 5.92 Å². The minimum Gasteiger partial charge on any atom is -0.484 e. The largest absolute Gasteiger partial charge is 0.484 e. The lowest BCUT2D eigenvalue weighted by molar-refractivity contribution is -0.131. The summed E-state index contributed by atoms with van der Waals surface area (Å²) in [7, 11) is 0. The van der Waals surface area contributed by atoms with E-state index in [1.165, 1.54) is 0 Å². The van der Waals surface area contributed by atoms with Crippen LogP contribution in [-0.2, 0) is 14.4 Å². The topological polar surface area (TPSA) is 96.5 Å². The fourth-order valence-electron chi connectivity index (χ4n) is 1.22. The van der Waals surface area contributed by atoms with Crippen LogP contribution in [0, 0.1) is 5.92 Å². The average molecular weight is 293 g/mol. The summed E-state index contributed by atoms with van der Waals surface area (Å²) in [5, 5.41) is 2.38. The number of hydrogen-bond donors (Lipinski definition) is 3. The van der Waals surface area contributed by atoms with Gasteiger partial charge in [0, 0.05) is 5.92 Å². The first kappa shape index (κ1) is 16.5. The molecule has 3 amide bonds. The zero-order valence-electron chi connectivity index (χ0n) is 12.0. The van der Waals surface area contributed by atoms with Crippen molar-refractivity contribution in [3.05, 3.63) is 30.3 Å². The second-order valence-corrected chi connectivity index (χ2v) is 4.57. The third-order valence-electron chi connectivity index (χ3n) is 2.41. The van der Waals surface area contributed by atoms with E-state index in [0.717, 1.165) is 0 Å². The highest BCUT2D eigenvalue weighted by molar-refractivity contribution is 5.87. The first-order valence-corrected chi connectivity index (χ1v) is 6.52. The highest BCUT2D eigenvalue weighted by Gasteiger charge is 2.09. The van der Waals surface area contributed by atoms with Gasteiger partial charge in [0.15, 0.2) is 6.61 Å². The summed E-state index contributed by atoms with van der Waals surface area (Å²) < 4.78 is 5.22. The smallest absolute Gasteiger partial charge is 0.258 e. The zero-order chi connectivity index (χ0) is 15.7. The van der Waals surface area contributed by atoms with Crippen molar-refractivity contribution in [2.75, 3.05) is 13.2 Å². The monoisotopic (exact) mass is 293 g/mol. The van der Waals surface area contributed by atoms with Gasteiger partial charge in [-0.3, -0.25) is 25.2 Å². The van der Waals surface area contributed by atoms with Gasteiger partial charge in [0.2, 0.25) is 5.91 Å². The number of nitrogens with one attached hydrogen (secondary N) is 3. The summed E-state index contributed by atoms with van der Waals surface area (Å²) in [5.74, 6) is -0.913. The number of hydrazine groups is 1. The fourth-order valence-corrected chi connectivity index (χ4v) is 1.22.